The van der Waals surface area contributed by atoms with Gasteiger partial charge in [-0.1, -0.05) is 38.3 Å². The Bertz CT molecular complexity index is 1000. The van der Waals surface area contributed by atoms with Crippen LogP contribution in [0.15, 0.2) is 24.3 Å². The summed E-state index contributed by atoms with van der Waals surface area (Å²) in [7, 11) is 0. The lowest BCUT2D eigenvalue weighted by Gasteiger charge is -2.46. The molecule has 1 saturated heterocycles. The second kappa shape index (κ2) is 15.9. The van der Waals surface area contributed by atoms with Crippen molar-refractivity contribution in [2.75, 3.05) is 24.7 Å². The predicted octanol–water partition coefficient (Wildman–Crippen LogP) is 1.78. The van der Waals surface area contributed by atoms with E-state index in [0.717, 1.165) is 24.3 Å². The number of hydrogen-bond acceptors (Lipinski definition) is 9. The number of aliphatic hydroxyl groups excluding tert-OH is 3. The summed E-state index contributed by atoms with van der Waals surface area (Å²) < 4.78 is 11.3. The topological polar surface area (TPSA) is 175 Å². The molecule has 1 aromatic carbocycles. The van der Waals surface area contributed by atoms with Crippen LogP contribution in [-0.4, -0.2) is 99.1 Å². The number of benzene rings is 1. The van der Waals surface area contributed by atoms with Crippen molar-refractivity contribution < 1.29 is 44.3 Å². The molecule has 3 rings (SSSR count). The number of ether oxygens (including phenoxy) is 2. The fourth-order valence-corrected chi connectivity index (χ4v) is 6.08. The molecule has 6 N–H and O–H groups in total. The molecule has 1 aliphatic heterocycles. The summed E-state index contributed by atoms with van der Waals surface area (Å²) in [6.45, 7) is 2.84. The number of rotatable bonds is 14. The molecule has 0 aromatic heterocycles. The normalized spacial score (nSPS) is 26.6. The standard InChI is InChI=1S/C29H44N2O9S/c1-3-41-15-7-14-39-29(28(37)38)16-22(33)24(31-18(2)32)26(40-29)25(35)23(34)17-30-27(36)21-12-10-20(11-13-21)19-8-5-4-6-9-19/h10-13,19,22-26,33-35H,3-9,14-17H2,1-2H3,(H,30,36)(H,31,32)(H,37,38). The van der Waals surface area contributed by atoms with E-state index < -0.39 is 60.4 Å². The van der Waals surface area contributed by atoms with E-state index in [9.17, 15) is 34.8 Å². The van der Waals surface area contributed by atoms with Gasteiger partial charge in [-0.3, -0.25) is 9.59 Å². The lowest BCUT2D eigenvalue weighted by Crippen LogP contribution is -2.68. The lowest BCUT2D eigenvalue weighted by atomic mass is 9.84. The Balaban J connectivity index is 1.66. The number of carbonyl (C=O) groups is 3. The maximum atomic E-state index is 12.8. The summed E-state index contributed by atoms with van der Waals surface area (Å²) in [6.07, 6.45) is -0.434. The monoisotopic (exact) mass is 596 g/mol. The third kappa shape index (κ3) is 9.13. The Labute approximate surface area is 245 Å². The second-order valence-corrected chi connectivity index (χ2v) is 12.2. The first-order chi connectivity index (χ1) is 19.6. The van der Waals surface area contributed by atoms with Crippen molar-refractivity contribution in [1.29, 1.82) is 0 Å². The number of hydrogen-bond donors (Lipinski definition) is 6. The molecule has 12 heteroatoms. The molecule has 0 bridgehead atoms. The minimum atomic E-state index is -2.29. The number of thioether (sulfide) groups is 1. The van der Waals surface area contributed by atoms with Gasteiger partial charge in [0, 0.05) is 25.5 Å². The Hall–Kier alpha value is -2.22. The first-order valence-corrected chi connectivity index (χ1v) is 15.6. The Morgan fingerprint density at radius 3 is 2.44 bits per heavy atom. The summed E-state index contributed by atoms with van der Waals surface area (Å²) in [5.41, 5.74) is 1.59. The summed E-state index contributed by atoms with van der Waals surface area (Å²) in [5, 5.41) is 47.6. The molecule has 6 atom stereocenters. The van der Waals surface area contributed by atoms with Gasteiger partial charge in [0.15, 0.2) is 0 Å². The van der Waals surface area contributed by atoms with Crippen LogP contribution >= 0.6 is 11.8 Å². The molecular weight excluding hydrogens is 552 g/mol. The number of amides is 2. The van der Waals surface area contributed by atoms with Crippen molar-refractivity contribution in [3.8, 4) is 0 Å². The molecule has 0 spiro atoms. The zero-order valence-electron chi connectivity index (χ0n) is 23.8. The first kappa shape index (κ1) is 33.3. The number of carbonyl (C=O) groups excluding carboxylic acids is 2. The van der Waals surface area contributed by atoms with Gasteiger partial charge in [-0.15, -0.1) is 0 Å². The minimum Gasteiger partial charge on any atom is -0.477 e. The molecule has 1 heterocycles. The third-order valence-electron chi connectivity index (χ3n) is 7.69. The van der Waals surface area contributed by atoms with Crippen LogP contribution in [-0.2, 0) is 19.1 Å². The van der Waals surface area contributed by atoms with Gasteiger partial charge in [0.25, 0.3) is 11.7 Å². The second-order valence-electron chi connectivity index (χ2n) is 10.8. The molecule has 1 saturated carbocycles. The molecule has 230 valence electrons. The molecule has 41 heavy (non-hydrogen) atoms. The van der Waals surface area contributed by atoms with Crippen LogP contribution in [0.3, 0.4) is 0 Å². The van der Waals surface area contributed by atoms with E-state index in [1.54, 1.807) is 23.9 Å². The van der Waals surface area contributed by atoms with Gasteiger partial charge in [-0.2, -0.15) is 11.8 Å². The van der Waals surface area contributed by atoms with E-state index in [1.165, 1.54) is 31.7 Å². The van der Waals surface area contributed by atoms with Crippen LogP contribution in [0, 0.1) is 0 Å². The Morgan fingerprint density at radius 1 is 1.15 bits per heavy atom. The van der Waals surface area contributed by atoms with E-state index in [1.807, 2.05) is 19.1 Å². The fourth-order valence-electron chi connectivity index (χ4n) is 5.47. The zero-order valence-corrected chi connectivity index (χ0v) is 24.6. The van der Waals surface area contributed by atoms with Gasteiger partial charge in [-0.05, 0) is 54.4 Å². The van der Waals surface area contributed by atoms with Crippen LogP contribution in [0.5, 0.6) is 0 Å². The van der Waals surface area contributed by atoms with E-state index in [-0.39, 0.29) is 13.2 Å². The molecule has 1 aliphatic carbocycles. The Morgan fingerprint density at radius 2 is 1.83 bits per heavy atom. The number of aliphatic carboxylic acids is 1. The maximum absolute atomic E-state index is 12.8. The summed E-state index contributed by atoms with van der Waals surface area (Å²) in [4.78, 5) is 36.8. The third-order valence-corrected chi connectivity index (χ3v) is 8.68. The zero-order chi connectivity index (χ0) is 30.0. The largest absolute Gasteiger partial charge is 0.477 e. The van der Waals surface area contributed by atoms with E-state index >= 15 is 0 Å². The van der Waals surface area contributed by atoms with Crippen molar-refractivity contribution in [3.05, 3.63) is 35.4 Å². The van der Waals surface area contributed by atoms with E-state index in [2.05, 4.69) is 10.6 Å². The van der Waals surface area contributed by atoms with Crippen LogP contribution in [0.1, 0.15) is 80.6 Å². The number of nitrogens with one attached hydrogen (secondary N) is 2. The summed E-state index contributed by atoms with van der Waals surface area (Å²) >= 11 is 1.66. The smallest absolute Gasteiger partial charge is 0.364 e. The summed E-state index contributed by atoms with van der Waals surface area (Å²) in [6, 6.07) is 6.11. The Kier molecular flexibility index (Phi) is 12.9. The van der Waals surface area contributed by atoms with Crippen molar-refractivity contribution in [2.24, 2.45) is 0 Å². The predicted molar refractivity (Wildman–Crippen MR) is 154 cm³/mol. The highest BCUT2D eigenvalue weighted by atomic mass is 32.2. The van der Waals surface area contributed by atoms with E-state index in [0.29, 0.717) is 17.9 Å². The molecule has 2 aliphatic rings. The first-order valence-electron chi connectivity index (χ1n) is 14.4. The molecule has 2 fully saturated rings. The van der Waals surface area contributed by atoms with Gasteiger partial charge in [-0.25, -0.2) is 4.79 Å². The average Bonchev–Trinajstić information content (AvgIpc) is 2.96. The minimum absolute atomic E-state index is 0.0256. The van der Waals surface area contributed by atoms with Crippen LogP contribution in [0.25, 0.3) is 0 Å². The molecule has 11 nitrogen and oxygen atoms in total. The van der Waals surface area contributed by atoms with Crippen molar-refractivity contribution >= 4 is 29.5 Å². The molecule has 0 radical (unpaired) electrons. The highest BCUT2D eigenvalue weighted by Gasteiger charge is 2.55. The fraction of sp³-hybridized carbons (Fsp3) is 0.690. The van der Waals surface area contributed by atoms with Crippen LogP contribution in [0.2, 0.25) is 0 Å². The van der Waals surface area contributed by atoms with Crippen molar-refractivity contribution in [1.82, 2.24) is 10.6 Å². The molecular formula is C29H44N2O9S. The molecule has 6 unspecified atom stereocenters. The van der Waals surface area contributed by atoms with E-state index in [4.69, 9.17) is 9.47 Å². The highest BCUT2D eigenvalue weighted by Crippen LogP contribution is 2.34. The van der Waals surface area contributed by atoms with Crippen LogP contribution in [0.4, 0.5) is 0 Å². The highest BCUT2D eigenvalue weighted by molar-refractivity contribution is 7.99. The lowest BCUT2D eigenvalue weighted by molar-refractivity contribution is -0.310. The number of carboxylic acid groups (broad SMARTS) is 1. The number of carboxylic acids is 1. The summed E-state index contributed by atoms with van der Waals surface area (Å²) in [5.74, 6) is -2.67. The average molecular weight is 597 g/mol. The SMILES string of the molecule is CCSCCCOC1(C(=O)O)CC(O)C(NC(C)=O)C(C(O)C(O)CNC(=O)c2ccc(C3CCCCC3)cc2)O1. The number of aliphatic hydroxyl groups is 3. The van der Waals surface area contributed by atoms with Gasteiger partial charge < -0.3 is 40.5 Å². The van der Waals surface area contributed by atoms with Gasteiger partial charge in [0.1, 0.15) is 12.2 Å². The van der Waals surface area contributed by atoms with Gasteiger partial charge >= 0.3 is 5.97 Å². The molecule has 1 aromatic rings. The maximum Gasteiger partial charge on any atom is 0.364 e. The van der Waals surface area contributed by atoms with Crippen molar-refractivity contribution in [3.63, 3.8) is 0 Å². The van der Waals surface area contributed by atoms with Gasteiger partial charge in [0.05, 0.1) is 24.9 Å². The van der Waals surface area contributed by atoms with Gasteiger partial charge in [0.2, 0.25) is 5.91 Å². The quantitative estimate of drug-likeness (QED) is 0.174. The van der Waals surface area contributed by atoms with Crippen molar-refractivity contribution in [2.45, 2.75) is 101 Å². The molecule has 2 amide bonds. The van der Waals surface area contributed by atoms with Crippen LogP contribution < -0.4 is 10.6 Å².